The smallest absolute Gasteiger partial charge is 1.00 e. The minimum atomic E-state index is -1.41. The molecule has 19 heavy (non-hydrogen) atoms. The Bertz CT molecular complexity index is 300. The first-order valence-corrected chi connectivity index (χ1v) is 12.8. The summed E-state index contributed by atoms with van der Waals surface area (Å²) in [6.45, 7) is 11.6. The first kappa shape index (κ1) is 25.1. The maximum atomic E-state index is 6.32. The average Bonchev–Trinajstić information content (AvgIpc) is 2.51. The summed E-state index contributed by atoms with van der Waals surface area (Å²) in [5.74, 6) is 0. The largest absolute Gasteiger partial charge is 3.00 e. The van der Waals surface area contributed by atoms with E-state index in [1.807, 2.05) is 0 Å². The first-order chi connectivity index (χ1) is 7.29. The molecule has 0 aromatic heterocycles. The van der Waals surface area contributed by atoms with Gasteiger partial charge in [-0.05, 0) is 38.8 Å². The predicted molar refractivity (Wildman–Crippen MR) is 76.5 cm³/mol. The van der Waals surface area contributed by atoms with Crippen molar-refractivity contribution < 1.29 is 50.6 Å². The molecular weight excluding hydrogens is 347 g/mol. The minimum absolute atomic E-state index is 0. The fraction of sp³-hybridized carbons (Fsp3) is 0.692. The number of halogens is 2. The molecule has 109 valence electrons. The van der Waals surface area contributed by atoms with E-state index in [0.29, 0.717) is 0 Å². The van der Waals surface area contributed by atoms with Gasteiger partial charge in [0.25, 0.3) is 0 Å². The van der Waals surface area contributed by atoms with Gasteiger partial charge in [0.15, 0.2) is 16.6 Å². The van der Waals surface area contributed by atoms with Crippen molar-refractivity contribution >= 4 is 16.6 Å². The summed E-state index contributed by atoms with van der Waals surface area (Å²) < 4.78 is 6.32. The zero-order chi connectivity index (χ0) is 12.2. The molecule has 1 nitrogen and oxygen atoms in total. The van der Waals surface area contributed by atoms with Crippen LogP contribution in [0.2, 0.25) is 38.8 Å². The maximum absolute atomic E-state index is 6.32. The van der Waals surface area contributed by atoms with Crippen LogP contribution in [0.1, 0.15) is 19.3 Å². The molecule has 1 rings (SSSR count). The first-order valence-electron chi connectivity index (χ1n) is 6.25. The third-order valence-electron chi connectivity index (χ3n) is 2.57. The second-order valence-corrected chi connectivity index (χ2v) is 15.2. The summed E-state index contributed by atoms with van der Waals surface area (Å²) in [6.07, 6.45) is 11.2. The fourth-order valence-corrected chi connectivity index (χ4v) is 10.3. The van der Waals surface area contributed by atoms with Gasteiger partial charge in [-0.1, -0.05) is 12.8 Å². The number of hydrogen-bond donors (Lipinski definition) is 0. The Balaban J connectivity index is -0.000000853. The third-order valence-corrected chi connectivity index (χ3v) is 8.79. The van der Waals surface area contributed by atoms with Crippen LogP contribution in [-0.4, -0.2) is 16.6 Å². The normalized spacial score (nSPS) is 14.1. The van der Waals surface area contributed by atoms with Crippen LogP contribution in [0.15, 0.2) is 17.7 Å². The van der Waals surface area contributed by atoms with Gasteiger partial charge in [0.1, 0.15) is 0 Å². The van der Waals surface area contributed by atoms with Crippen LogP contribution < -0.4 is 24.8 Å². The molecule has 1 aliphatic carbocycles. The van der Waals surface area contributed by atoms with Gasteiger partial charge in [-0.3, -0.25) is 6.08 Å². The Kier molecular flexibility index (Phi) is 14.3. The Morgan fingerprint density at radius 1 is 1.16 bits per heavy atom. The summed E-state index contributed by atoms with van der Waals surface area (Å²) in [5.41, 5.74) is 1.40. The van der Waals surface area contributed by atoms with E-state index in [2.05, 4.69) is 51.0 Å². The van der Waals surface area contributed by atoms with E-state index in [1.165, 1.54) is 24.5 Å². The van der Waals surface area contributed by atoms with Crippen LogP contribution >= 0.6 is 0 Å². The summed E-state index contributed by atoms with van der Waals surface area (Å²) in [7, 11) is -2.76. The van der Waals surface area contributed by atoms with Crippen molar-refractivity contribution in [2.75, 3.05) is 0 Å². The van der Waals surface area contributed by atoms with Gasteiger partial charge < -0.3 is 28.9 Å². The molecule has 0 heterocycles. The van der Waals surface area contributed by atoms with Gasteiger partial charge in [0.05, 0.1) is 0 Å². The van der Waals surface area contributed by atoms with Crippen molar-refractivity contribution in [2.45, 2.75) is 58.0 Å². The molecule has 6 heteroatoms. The van der Waals surface area contributed by atoms with Gasteiger partial charge >= 0.3 is 21.7 Å². The molecular formula is C13H25Cl2OSi2Ti. The second kappa shape index (κ2) is 10.8. The molecule has 0 aromatic rings. The summed E-state index contributed by atoms with van der Waals surface area (Å²) in [4.78, 5) is 0. The van der Waals surface area contributed by atoms with Crippen LogP contribution in [-0.2, 0) is 25.8 Å². The van der Waals surface area contributed by atoms with Crippen molar-refractivity contribution in [1.29, 1.82) is 0 Å². The molecule has 1 radical (unpaired) electrons. The number of hydrogen-bond acceptors (Lipinski definition) is 1. The zero-order valence-electron chi connectivity index (χ0n) is 12.6. The molecule has 0 saturated carbocycles. The standard InChI is InChI=1S/C13H25OSi2.2ClH.Ti/c1-15(2,3)14-16(4,5)12-8-11-13-9-6-7-10-13;;;/h6,9H,7-8,11-12H2,1-5H3;2*1H;/q-1;;;+3/p-2. The van der Waals surface area contributed by atoms with Gasteiger partial charge in [0.2, 0.25) is 0 Å². The van der Waals surface area contributed by atoms with Crippen LogP contribution in [0.25, 0.3) is 0 Å². The molecule has 0 saturated heterocycles. The summed E-state index contributed by atoms with van der Waals surface area (Å²) in [5, 5.41) is 0. The molecule has 0 aliphatic heterocycles. The van der Waals surface area contributed by atoms with Gasteiger partial charge in [-0.25, -0.2) is 11.6 Å². The molecule has 0 aromatic carbocycles. The van der Waals surface area contributed by atoms with Crippen molar-refractivity contribution in [2.24, 2.45) is 0 Å². The average molecular weight is 372 g/mol. The number of allylic oxidation sites excluding steroid dienone is 4. The Hall–Kier alpha value is 1.17. The molecule has 0 bridgehead atoms. The molecule has 0 amide bonds. The van der Waals surface area contributed by atoms with E-state index in [-0.39, 0.29) is 46.5 Å². The Morgan fingerprint density at radius 2 is 1.74 bits per heavy atom. The van der Waals surface area contributed by atoms with E-state index < -0.39 is 16.6 Å². The SMILES string of the molecule is C[Si](C)(C)O[Si](C)(C)CCCC1=[C-]CC=C1.[Cl-].[Cl-].[Ti+3]. The molecule has 0 spiro atoms. The summed E-state index contributed by atoms with van der Waals surface area (Å²) in [6, 6.07) is 1.27. The van der Waals surface area contributed by atoms with Crippen LogP contribution in [0.5, 0.6) is 0 Å². The molecule has 0 fully saturated rings. The fourth-order valence-electron chi connectivity index (χ4n) is 2.21. The van der Waals surface area contributed by atoms with Crippen molar-refractivity contribution in [3.8, 4) is 0 Å². The Morgan fingerprint density at radius 3 is 2.16 bits per heavy atom. The number of rotatable bonds is 6. The minimum Gasteiger partial charge on any atom is -1.00 e. The molecule has 0 N–H and O–H groups in total. The Labute approximate surface area is 148 Å². The second-order valence-electron chi connectivity index (χ2n) is 6.14. The summed E-state index contributed by atoms with van der Waals surface area (Å²) >= 11 is 0. The van der Waals surface area contributed by atoms with Crippen molar-refractivity contribution in [1.82, 2.24) is 0 Å². The quantitative estimate of drug-likeness (QED) is 0.408. The molecule has 0 unspecified atom stereocenters. The zero-order valence-corrected chi connectivity index (χ0v) is 17.7. The van der Waals surface area contributed by atoms with Crippen LogP contribution in [0, 0.1) is 6.08 Å². The van der Waals surface area contributed by atoms with E-state index in [9.17, 15) is 0 Å². The van der Waals surface area contributed by atoms with E-state index in [0.717, 1.165) is 6.42 Å². The maximum Gasteiger partial charge on any atom is 3.00 e. The molecule has 0 atom stereocenters. The van der Waals surface area contributed by atoms with Crippen molar-refractivity contribution in [3.05, 3.63) is 23.8 Å². The van der Waals surface area contributed by atoms with Crippen molar-refractivity contribution in [3.63, 3.8) is 0 Å². The molecule has 1 aliphatic rings. The van der Waals surface area contributed by atoms with E-state index >= 15 is 0 Å². The van der Waals surface area contributed by atoms with E-state index in [4.69, 9.17) is 4.12 Å². The van der Waals surface area contributed by atoms with Gasteiger partial charge in [-0.15, -0.1) is 6.42 Å². The topological polar surface area (TPSA) is 9.23 Å². The monoisotopic (exact) mass is 371 g/mol. The third kappa shape index (κ3) is 12.6. The van der Waals surface area contributed by atoms with E-state index in [1.54, 1.807) is 0 Å². The van der Waals surface area contributed by atoms with Crippen LogP contribution in [0.4, 0.5) is 0 Å². The van der Waals surface area contributed by atoms with Gasteiger partial charge in [-0.2, -0.15) is 6.08 Å². The predicted octanol–water partition coefficient (Wildman–Crippen LogP) is -1.48. The van der Waals surface area contributed by atoms with Gasteiger partial charge in [0, 0.05) is 0 Å². The van der Waals surface area contributed by atoms with Crippen LogP contribution in [0.3, 0.4) is 0 Å².